The summed E-state index contributed by atoms with van der Waals surface area (Å²) in [5.74, 6) is 1.62. The van der Waals surface area contributed by atoms with Crippen molar-refractivity contribution in [2.75, 3.05) is 6.54 Å². The lowest BCUT2D eigenvalue weighted by Crippen LogP contribution is -2.38. The summed E-state index contributed by atoms with van der Waals surface area (Å²) in [5.41, 5.74) is 1.31. The van der Waals surface area contributed by atoms with Crippen LogP contribution in [0.2, 0.25) is 10.0 Å². The Morgan fingerprint density at radius 2 is 1.89 bits per heavy atom. The van der Waals surface area contributed by atoms with Crippen molar-refractivity contribution in [3.63, 3.8) is 0 Å². The van der Waals surface area contributed by atoms with Gasteiger partial charge in [0.15, 0.2) is 0 Å². The van der Waals surface area contributed by atoms with Gasteiger partial charge in [0.05, 0.1) is 10.0 Å². The van der Waals surface area contributed by atoms with Crippen LogP contribution in [0.3, 0.4) is 0 Å². The molecule has 0 radical (unpaired) electrons. The zero-order valence-electron chi connectivity index (χ0n) is 11.0. The highest BCUT2D eigenvalue weighted by Crippen LogP contribution is 2.37. The molecule has 2 atom stereocenters. The Balaban J connectivity index is 1.87. The van der Waals surface area contributed by atoms with Gasteiger partial charge in [-0.3, -0.25) is 0 Å². The van der Waals surface area contributed by atoms with E-state index in [0.717, 1.165) is 24.8 Å². The van der Waals surface area contributed by atoms with Crippen molar-refractivity contribution >= 4 is 23.2 Å². The molecule has 1 nitrogen and oxygen atoms in total. The standard InChI is InChI=1S/C15H21Cl2N/c1-10(2)18-9-13-5-4-12(13)7-11-3-6-14(16)15(17)8-11/h3,6,8,10,12-13,18H,4-5,7,9H2,1-2H3. The Hall–Kier alpha value is -0.240. The number of hydrogen-bond acceptors (Lipinski definition) is 1. The van der Waals surface area contributed by atoms with Gasteiger partial charge in [-0.05, 0) is 55.3 Å². The van der Waals surface area contributed by atoms with Gasteiger partial charge in [-0.1, -0.05) is 43.1 Å². The SMILES string of the molecule is CC(C)NCC1CCC1Cc1ccc(Cl)c(Cl)c1. The lowest BCUT2D eigenvalue weighted by molar-refractivity contribution is 0.168. The van der Waals surface area contributed by atoms with Gasteiger partial charge in [0, 0.05) is 6.04 Å². The highest BCUT2D eigenvalue weighted by Gasteiger charge is 2.30. The molecule has 1 saturated carbocycles. The summed E-state index contributed by atoms with van der Waals surface area (Å²) in [7, 11) is 0. The summed E-state index contributed by atoms with van der Waals surface area (Å²) in [4.78, 5) is 0. The lowest BCUT2D eigenvalue weighted by atomic mass is 9.70. The topological polar surface area (TPSA) is 12.0 Å². The average molecular weight is 286 g/mol. The van der Waals surface area contributed by atoms with Gasteiger partial charge in [0.2, 0.25) is 0 Å². The van der Waals surface area contributed by atoms with Crippen molar-refractivity contribution in [3.05, 3.63) is 33.8 Å². The van der Waals surface area contributed by atoms with Crippen LogP contribution in [0.4, 0.5) is 0 Å². The van der Waals surface area contributed by atoms with Gasteiger partial charge in [0.25, 0.3) is 0 Å². The van der Waals surface area contributed by atoms with Crippen molar-refractivity contribution < 1.29 is 0 Å². The smallest absolute Gasteiger partial charge is 0.0595 e. The maximum Gasteiger partial charge on any atom is 0.0595 e. The molecule has 18 heavy (non-hydrogen) atoms. The van der Waals surface area contributed by atoms with E-state index in [0.29, 0.717) is 16.1 Å². The zero-order valence-corrected chi connectivity index (χ0v) is 12.6. The summed E-state index contributed by atoms with van der Waals surface area (Å²) in [6.07, 6.45) is 3.82. The molecule has 1 aromatic rings. The third kappa shape index (κ3) is 3.63. The second kappa shape index (κ2) is 6.27. The molecule has 1 N–H and O–H groups in total. The van der Waals surface area contributed by atoms with Crippen LogP contribution >= 0.6 is 23.2 Å². The lowest BCUT2D eigenvalue weighted by Gasteiger charge is -2.37. The van der Waals surface area contributed by atoms with Crippen LogP contribution in [-0.2, 0) is 6.42 Å². The largest absolute Gasteiger partial charge is 0.314 e. The van der Waals surface area contributed by atoms with Crippen molar-refractivity contribution in [1.29, 1.82) is 0 Å². The molecule has 1 fully saturated rings. The van der Waals surface area contributed by atoms with E-state index in [1.165, 1.54) is 18.4 Å². The molecule has 1 aromatic carbocycles. The van der Waals surface area contributed by atoms with Gasteiger partial charge in [0.1, 0.15) is 0 Å². The molecule has 100 valence electrons. The average Bonchev–Trinajstić information content (AvgIpc) is 2.29. The van der Waals surface area contributed by atoms with E-state index in [1.54, 1.807) is 0 Å². The fourth-order valence-corrected chi connectivity index (χ4v) is 2.85. The molecule has 1 aliphatic rings. The maximum atomic E-state index is 6.05. The quantitative estimate of drug-likeness (QED) is 0.836. The zero-order chi connectivity index (χ0) is 13.1. The van der Waals surface area contributed by atoms with Crippen LogP contribution in [0.25, 0.3) is 0 Å². The van der Waals surface area contributed by atoms with Crippen LogP contribution in [0, 0.1) is 11.8 Å². The molecule has 0 amide bonds. The molecule has 0 bridgehead atoms. The van der Waals surface area contributed by atoms with Gasteiger partial charge in [-0.15, -0.1) is 0 Å². The fraction of sp³-hybridized carbons (Fsp3) is 0.600. The molecule has 2 rings (SSSR count). The highest BCUT2D eigenvalue weighted by atomic mass is 35.5. The number of benzene rings is 1. The summed E-state index contributed by atoms with van der Waals surface area (Å²) in [6.45, 7) is 5.54. The third-order valence-electron chi connectivity index (χ3n) is 3.85. The van der Waals surface area contributed by atoms with E-state index < -0.39 is 0 Å². The molecular formula is C15H21Cl2N. The van der Waals surface area contributed by atoms with Crippen LogP contribution in [-0.4, -0.2) is 12.6 Å². The molecule has 0 spiro atoms. The third-order valence-corrected chi connectivity index (χ3v) is 4.58. The van der Waals surface area contributed by atoms with E-state index in [-0.39, 0.29) is 0 Å². The predicted octanol–water partition coefficient (Wildman–Crippen LogP) is 4.56. The molecule has 1 aliphatic carbocycles. The van der Waals surface area contributed by atoms with Crippen LogP contribution in [0.1, 0.15) is 32.3 Å². The Bertz CT molecular complexity index is 403. The van der Waals surface area contributed by atoms with Crippen LogP contribution < -0.4 is 5.32 Å². The van der Waals surface area contributed by atoms with Crippen LogP contribution in [0.15, 0.2) is 18.2 Å². The first kappa shape index (κ1) is 14.2. The minimum absolute atomic E-state index is 0.580. The van der Waals surface area contributed by atoms with E-state index in [1.807, 2.05) is 12.1 Å². The normalized spacial score (nSPS) is 23.2. The maximum absolute atomic E-state index is 6.05. The molecule has 0 aliphatic heterocycles. The van der Waals surface area contributed by atoms with Gasteiger partial charge >= 0.3 is 0 Å². The van der Waals surface area contributed by atoms with Crippen molar-refractivity contribution in [3.8, 4) is 0 Å². The first-order valence-electron chi connectivity index (χ1n) is 6.73. The van der Waals surface area contributed by atoms with E-state index in [2.05, 4.69) is 25.2 Å². The summed E-state index contributed by atoms with van der Waals surface area (Å²) in [5, 5.41) is 4.85. The van der Waals surface area contributed by atoms with E-state index in [4.69, 9.17) is 23.2 Å². The number of nitrogens with one attached hydrogen (secondary N) is 1. The fourth-order valence-electron chi connectivity index (χ4n) is 2.53. The number of rotatable bonds is 5. The molecular weight excluding hydrogens is 265 g/mol. The Morgan fingerprint density at radius 3 is 2.44 bits per heavy atom. The molecule has 2 unspecified atom stereocenters. The van der Waals surface area contributed by atoms with Crippen molar-refractivity contribution in [2.24, 2.45) is 11.8 Å². The second-order valence-corrected chi connectivity index (χ2v) is 6.43. The summed E-state index contributed by atoms with van der Waals surface area (Å²) < 4.78 is 0. The van der Waals surface area contributed by atoms with Crippen molar-refractivity contribution in [2.45, 2.75) is 39.2 Å². The number of halogens is 2. The summed E-state index contributed by atoms with van der Waals surface area (Å²) >= 11 is 12.0. The predicted molar refractivity (Wildman–Crippen MR) is 79.5 cm³/mol. The van der Waals surface area contributed by atoms with E-state index in [9.17, 15) is 0 Å². The van der Waals surface area contributed by atoms with Crippen molar-refractivity contribution in [1.82, 2.24) is 5.32 Å². The minimum Gasteiger partial charge on any atom is -0.314 e. The highest BCUT2D eigenvalue weighted by molar-refractivity contribution is 6.42. The molecule has 0 aromatic heterocycles. The van der Waals surface area contributed by atoms with Crippen LogP contribution in [0.5, 0.6) is 0 Å². The Labute approximate surface area is 120 Å². The van der Waals surface area contributed by atoms with Gasteiger partial charge in [-0.25, -0.2) is 0 Å². The van der Waals surface area contributed by atoms with Gasteiger partial charge < -0.3 is 5.32 Å². The Morgan fingerprint density at radius 1 is 1.17 bits per heavy atom. The molecule has 0 saturated heterocycles. The molecule has 0 heterocycles. The summed E-state index contributed by atoms with van der Waals surface area (Å²) in [6, 6.07) is 6.59. The van der Waals surface area contributed by atoms with Gasteiger partial charge in [-0.2, -0.15) is 0 Å². The monoisotopic (exact) mass is 285 g/mol. The number of hydrogen-bond donors (Lipinski definition) is 1. The second-order valence-electron chi connectivity index (χ2n) is 5.61. The first-order valence-corrected chi connectivity index (χ1v) is 7.49. The molecule has 3 heteroatoms. The minimum atomic E-state index is 0.580. The first-order chi connectivity index (χ1) is 8.56. The Kier molecular flexibility index (Phi) is 4.94. The van der Waals surface area contributed by atoms with E-state index >= 15 is 0 Å².